The van der Waals surface area contributed by atoms with Crippen LogP contribution in [-0.2, 0) is 4.79 Å². The van der Waals surface area contributed by atoms with Crippen LogP contribution >= 0.6 is 0 Å². The van der Waals surface area contributed by atoms with Crippen molar-refractivity contribution in [3.63, 3.8) is 0 Å². The minimum atomic E-state index is -0.507. The van der Waals surface area contributed by atoms with Crippen molar-refractivity contribution >= 4 is 23.5 Å². The smallest absolute Gasteiger partial charge is 0.266 e. The van der Waals surface area contributed by atoms with Crippen LogP contribution in [0.4, 0.5) is 5.69 Å². The van der Waals surface area contributed by atoms with E-state index in [4.69, 9.17) is 0 Å². The fourth-order valence-electron chi connectivity index (χ4n) is 2.42. The summed E-state index contributed by atoms with van der Waals surface area (Å²) < 4.78 is 1.85. The number of benzene rings is 1. The second kappa shape index (κ2) is 5.89. The average molecular weight is 293 g/mol. The number of para-hydroxylation sites is 1. The third-order valence-electron chi connectivity index (χ3n) is 3.69. The monoisotopic (exact) mass is 293 g/mol. The molecule has 0 spiro atoms. The Morgan fingerprint density at radius 1 is 1.18 bits per heavy atom. The van der Waals surface area contributed by atoms with E-state index in [-0.39, 0.29) is 5.91 Å². The molecule has 1 aromatic carbocycles. The summed E-state index contributed by atoms with van der Waals surface area (Å²) in [4.78, 5) is 21.3. The van der Waals surface area contributed by atoms with Gasteiger partial charge in [0.25, 0.3) is 0 Å². The lowest BCUT2D eigenvalue weighted by molar-refractivity contribution is -0.495. The third kappa shape index (κ3) is 2.53. The maximum atomic E-state index is 12.7. The van der Waals surface area contributed by atoms with Crippen LogP contribution in [0.3, 0.4) is 0 Å². The summed E-state index contributed by atoms with van der Waals surface area (Å²) >= 11 is 0. The molecule has 0 unspecified atom stereocenters. The molecule has 3 rings (SSSR count). The van der Waals surface area contributed by atoms with Gasteiger partial charge in [-0.1, -0.05) is 29.3 Å². The van der Waals surface area contributed by atoms with Gasteiger partial charge in [0.1, 0.15) is 5.69 Å². The molecular formula is C17H17N4O+. The van der Waals surface area contributed by atoms with Gasteiger partial charge in [-0.25, -0.2) is 0 Å². The Hall–Kier alpha value is -2.82. The molecule has 1 atom stereocenters. The van der Waals surface area contributed by atoms with Crippen molar-refractivity contribution in [1.29, 1.82) is 0 Å². The highest BCUT2D eigenvalue weighted by Crippen LogP contribution is 2.20. The first-order chi connectivity index (χ1) is 10.7. The summed E-state index contributed by atoms with van der Waals surface area (Å²) in [5, 5.41) is 1.65. The number of amides is 1. The van der Waals surface area contributed by atoms with Crippen molar-refractivity contribution in [2.45, 2.75) is 13.0 Å². The van der Waals surface area contributed by atoms with Crippen LogP contribution in [0.25, 0.3) is 0 Å². The molecule has 2 heterocycles. The predicted octanol–water partition coefficient (Wildman–Crippen LogP) is 1.93. The Morgan fingerprint density at radius 3 is 2.59 bits per heavy atom. The second-order valence-electron chi connectivity index (χ2n) is 5.09. The maximum Gasteiger partial charge on any atom is 0.318 e. The average Bonchev–Trinajstić information content (AvgIpc) is 2.77. The number of hydrazone groups is 1. The Balaban J connectivity index is 1.89. The number of carbonyl (C=O) groups excluding carboxylic acids is 1. The van der Waals surface area contributed by atoms with Crippen LogP contribution in [0, 0.1) is 0 Å². The predicted molar refractivity (Wildman–Crippen MR) is 86.4 cm³/mol. The van der Waals surface area contributed by atoms with Crippen molar-refractivity contribution in [3.8, 4) is 0 Å². The van der Waals surface area contributed by atoms with Crippen LogP contribution in [0.5, 0.6) is 0 Å². The molecule has 1 aromatic heterocycles. The molecule has 2 aromatic rings. The normalized spacial score (nSPS) is 18.5. The lowest BCUT2D eigenvalue weighted by Gasteiger charge is -2.10. The van der Waals surface area contributed by atoms with Crippen LogP contribution in [0.2, 0.25) is 0 Å². The summed E-state index contributed by atoms with van der Waals surface area (Å²) in [5.41, 5.74) is 2.47. The highest BCUT2D eigenvalue weighted by molar-refractivity contribution is 6.15. The number of hydrazine groups is 1. The number of pyridine rings is 1. The zero-order valence-corrected chi connectivity index (χ0v) is 12.5. The summed E-state index contributed by atoms with van der Waals surface area (Å²) in [6, 6.07) is 14.7. The lowest BCUT2D eigenvalue weighted by atomic mass is 10.2. The van der Waals surface area contributed by atoms with Crippen LogP contribution in [-0.4, -0.2) is 40.6 Å². The first-order valence-electron chi connectivity index (χ1n) is 7.09. The first kappa shape index (κ1) is 14.1. The summed E-state index contributed by atoms with van der Waals surface area (Å²) in [5.74, 6) is -0.0571. The van der Waals surface area contributed by atoms with E-state index in [1.165, 1.54) is 0 Å². The van der Waals surface area contributed by atoms with Crippen LogP contribution in [0.1, 0.15) is 12.6 Å². The van der Waals surface area contributed by atoms with Crippen molar-refractivity contribution < 1.29 is 9.48 Å². The zero-order valence-electron chi connectivity index (χ0n) is 12.5. The maximum absolute atomic E-state index is 12.7. The number of aromatic nitrogens is 1. The van der Waals surface area contributed by atoms with Gasteiger partial charge in [-0.05, 0) is 24.3 Å². The zero-order chi connectivity index (χ0) is 15.5. The van der Waals surface area contributed by atoms with Crippen LogP contribution < -0.4 is 5.01 Å². The molecule has 0 N–H and O–H groups in total. The Morgan fingerprint density at radius 2 is 1.91 bits per heavy atom. The van der Waals surface area contributed by atoms with E-state index in [1.54, 1.807) is 17.4 Å². The number of nitrogens with zero attached hydrogens (tertiary/aromatic N) is 4. The highest BCUT2D eigenvalue weighted by Gasteiger charge is 2.44. The van der Waals surface area contributed by atoms with E-state index in [9.17, 15) is 4.79 Å². The van der Waals surface area contributed by atoms with E-state index < -0.39 is 6.04 Å². The molecule has 0 aliphatic carbocycles. The fraction of sp³-hybridized carbons (Fsp3) is 0.176. The number of hydrogen-bond donors (Lipinski definition) is 0. The highest BCUT2D eigenvalue weighted by atomic mass is 16.2. The first-order valence-corrected chi connectivity index (χ1v) is 7.09. The molecular weight excluding hydrogens is 276 g/mol. The topological polar surface area (TPSA) is 48.6 Å². The molecule has 0 radical (unpaired) electrons. The number of anilines is 1. The standard InChI is InChI=1S/C17H17N4O/c1-13-16(19-12-14-8-6-7-11-18-14)17(22)21(20(13)2)15-9-4-3-5-10-15/h3-12,16H,1-2H3/q+1/t16-/m0/s1. The summed E-state index contributed by atoms with van der Waals surface area (Å²) in [7, 11) is 1.87. The minimum Gasteiger partial charge on any atom is -0.266 e. The van der Waals surface area contributed by atoms with Gasteiger partial charge in [0, 0.05) is 19.3 Å². The minimum absolute atomic E-state index is 0.0571. The van der Waals surface area contributed by atoms with Gasteiger partial charge in [0.2, 0.25) is 11.8 Å². The largest absolute Gasteiger partial charge is 0.318 e. The van der Waals surface area contributed by atoms with Gasteiger partial charge < -0.3 is 0 Å². The van der Waals surface area contributed by atoms with E-state index >= 15 is 0 Å². The summed E-state index contributed by atoms with van der Waals surface area (Å²) in [6.45, 7) is 1.92. The molecule has 5 nitrogen and oxygen atoms in total. The molecule has 5 heteroatoms. The molecule has 110 valence electrons. The lowest BCUT2D eigenvalue weighted by Crippen LogP contribution is -2.35. The van der Waals surface area contributed by atoms with Crippen molar-refractivity contribution in [1.82, 2.24) is 4.98 Å². The molecule has 1 amide bonds. The van der Waals surface area contributed by atoms with E-state index in [2.05, 4.69) is 9.98 Å². The SMILES string of the molecule is CC1=[N+](C)N(c2ccccc2)C(=O)[C@H]1N=Cc1ccccn1. The molecule has 0 saturated carbocycles. The molecule has 1 aliphatic heterocycles. The van der Waals surface area contributed by atoms with Gasteiger partial charge in [-0.2, -0.15) is 0 Å². The number of aliphatic imine (C=N–C) groups is 1. The van der Waals surface area contributed by atoms with Gasteiger partial charge in [0.15, 0.2) is 7.05 Å². The number of hydrogen-bond acceptors (Lipinski definition) is 3. The van der Waals surface area contributed by atoms with Gasteiger partial charge >= 0.3 is 5.91 Å². The molecule has 1 aliphatic rings. The second-order valence-corrected chi connectivity index (χ2v) is 5.09. The fourth-order valence-corrected chi connectivity index (χ4v) is 2.42. The van der Waals surface area contributed by atoms with Gasteiger partial charge in [0.05, 0.1) is 5.69 Å². The summed E-state index contributed by atoms with van der Waals surface area (Å²) in [6.07, 6.45) is 3.35. The Labute approximate surface area is 129 Å². The molecule has 22 heavy (non-hydrogen) atoms. The Bertz CT molecular complexity index is 738. The van der Waals surface area contributed by atoms with Crippen molar-refractivity contribution in [3.05, 3.63) is 60.4 Å². The van der Waals surface area contributed by atoms with Crippen LogP contribution in [0.15, 0.2) is 59.7 Å². The molecule has 0 fully saturated rings. The van der Waals surface area contributed by atoms with Crippen molar-refractivity contribution in [2.24, 2.45) is 4.99 Å². The quantitative estimate of drug-likeness (QED) is 0.641. The Kier molecular flexibility index (Phi) is 3.78. The van der Waals surface area contributed by atoms with E-state index in [0.717, 1.165) is 17.1 Å². The molecule has 0 bridgehead atoms. The van der Waals surface area contributed by atoms with E-state index in [1.807, 2.05) is 67.2 Å². The molecule has 0 saturated heterocycles. The van der Waals surface area contributed by atoms with Gasteiger partial charge in [-0.3, -0.25) is 14.8 Å². The third-order valence-corrected chi connectivity index (χ3v) is 3.69. The number of carbonyl (C=O) groups is 1. The number of rotatable bonds is 3. The van der Waals surface area contributed by atoms with Crippen molar-refractivity contribution in [2.75, 3.05) is 12.1 Å². The van der Waals surface area contributed by atoms with E-state index in [0.29, 0.717) is 0 Å². The van der Waals surface area contributed by atoms with Gasteiger partial charge in [-0.15, -0.1) is 4.68 Å².